The van der Waals surface area contributed by atoms with E-state index in [1.165, 1.54) is 0 Å². The van der Waals surface area contributed by atoms with Crippen molar-refractivity contribution in [1.82, 2.24) is 0 Å². The highest BCUT2D eigenvalue weighted by molar-refractivity contribution is 9.09. The molecule has 128 valence electrons. The first-order chi connectivity index (χ1) is 9.95. The Balaban J connectivity index is 0. The maximum absolute atomic E-state index is 11.3. The van der Waals surface area contributed by atoms with E-state index < -0.39 is 5.60 Å². The Labute approximate surface area is 137 Å². The van der Waals surface area contributed by atoms with Gasteiger partial charge in [-0.3, -0.25) is 4.79 Å². The van der Waals surface area contributed by atoms with Crippen molar-refractivity contribution < 1.29 is 23.7 Å². The standard InChI is InChI=1S/C13H25BrO5.C2H6/c1-13(2,3)19-12(15)4-6-16-8-10-18-11-9-17-7-5-14;1-2/h4-11H2,1-3H3;1-2H3. The molecule has 0 saturated carbocycles. The molecule has 0 aromatic rings. The first-order valence-corrected chi connectivity index (χ1v) is 8.59. The predicted molar refractivity (Wildman–Crippen MR) is 88.1 cm³/mol. The van der Waals surface area contributed by atoms with Crippen molar-refractivity contribution in [3.63, 3.8) is 0 Å². The van der Waals surface area contributed by atoms with Crippen molar-refractivity contribution in [2.45, 2.75) is 46.6 Å². The Morgan fingerprint density at radius 1 is 0.857 bits per heavy atom. The second-order valence-corrected chi connectivity index (χ2v) is 5.66. The molecule has 0 atom stereocenters. The number of alkyl halides is 1. The minimum Gasteiger partial charge on any atom is -0.460 e. The predicted octanol–water partition coefficient (Wildman–Crippen LogP) is 3.19. The number of hydrogen-bond acceptors (Lipinski definition) is 5. The lowest BCUT2D eigenvalue weighted by molar-refractivity contribution is -0.156. The fourth-order valence-electron chi connectivity index (χ4n) is 1.14. The molecular weight excluding hydrogens is 340 g/mol. The van der Waals surface area contributed by atoms with Crippen LogP contribution in [0.4, 0.5) is 0 Å². The van der Waals surface area contributed by atoms with Gasteiger partial charge in [0.1, 0.15) is 5.60 Å². The Hall–Kier alpha value is -0.170. The number of hydrogen-bond donors (Lipinski definition) is 0. The Kier molecular flexibility index (Phi) is 17.8. The highest BCUT2D eigenvalue weighted by atomic mass is 79.9. The van der Waals surface area contributed by atoms with E-state index in [0.29, 0.717) is 39.6 Å². The molecule has 0 aliphatic rings. The Bertz CT molecular complexity index is 229. The minimum atomic E-state index is -0.435. The van der Waals surface area contributed by atoms with Crippen molar-refractivity contribution in [3.05, 3.63) is 0 Å². The minimum absolute atomic E-state index is 0.239. The lowest BCUT2D eigenvalue weighted by atomic mass is 10.2. The summed E-state index contributed by atoms with van der Waals surface area (Å²) >= 11 is 3.27. The lowest BCUT2D eigenvalue weighted by Crippen LogP contribution is -2.24. The number of halogens is 1. The first kappa shape index (κ1) is 23.1. The third-order valence-electron chi connectivity index (χ3n) is 1.84. The van der Waals surface area contributed by atoms with Crippen LogP contribution < -0.4 is 0 Å². The van der Waals surface area contributed by atoms with Gasteiger partial charge in [-0.25, -0.2) is 0 Å². The van der Waals surface area contributed by atoms with E-state index in [1.54, 1.807) is 0 Å². The maximum Gasteiger partial charge on any atom is 0.308 e. The van der Waals surface area contributed by atoms with Crippen LogP contribution in [-0.4, -0.2) is 56.5 Å². The molecule has 21 heavy (non-hydrogen) atoms. The highest BCUT2D eigenvalue weighted by Gasteiger charge is 2.15. The van der Waals surface area contributed by atoms with E-state index in [2.05, 4.69) is 15.9 Å². The van der Waals surface area contributed by atoms with Crippen molar-refractivity contribution >= 4 is 21.9 Å². The fourth-order valence-corrected chi connectivity index (χ4v) is 1.37. The molecule has 0 aliphatic carbocycles. The molecule has 0 N–H and O–H groups in total. The molecule has 0 heterocycles. The summed E-state index contributed by atoms with van der Waals surface area (Å²) in [5.41, 5.74) is -0.435. The lowest BCUT2D eigenvalue weighted by Gasteiger charge is -2.19. The molecule has 0 bridgehead atoms. The van der Waals surface area contributed by atoms with Gasteiger partial charge in [-0.15, -0.1) is 0 Å². The molecule has 0 rings (SSSR count). The van der Waals surface area contributed by atoms with Gasteiger partial charge in [-0.2, -0.15) is 0 Å². The second-order valence-electron chi connectivity index (χ2n) is 4.86. The van der Waals surface area contributed by atoms with Crippen LogP contribution >= 0.6 is 15.9 Å². The average Bonchev–Trinajstić information content (AvgIpc) is 2.41. The maximum atomic E-state index is 11.3. The second kappa shape index (κ2) is 16.2. The number of ether oxygens (including phenoxy) is 4. The van der Waals surface area contributed by atoms with Crippen LogP contribution in [0.2, 0.25) is 0 Å². The van der Waals surface area contributed by atoms with Crippen molar-refractivity contribution in [2.75, 3.05) is 45.0 Å². The van der Waals surface area contributed by atoms with E-state index in [-0.39, 0.29) is 12.4 Å². The van der Waals surface area contributed by atoms with E-state index in [0.717, 1.165) is 5.33 Å². The van der Waals surface area contributed by atoms with Gasteiger partial charge in [0, 0.05) is 5.33 Å². The average molecular weight is 371 g/mol. The van der Waals surface area contributed by atoms with Gasteiger partial charge in [-0.1, -0.05) is 29.8 Å². The third kappa shape index (κ3) is 22.3. The molecule has 0 aliphatic heterocycles. The molecule has 0 unspecified atom stereocenters. The van der Waals surface area contributed by atoms with E-state index in [1.807, 2.05) is 34.6 Å². The normalized spacial score (nSPS) is 10.8. The Morgan fingerprint density at radius 2 is 1.29 bits per heavy atom. The van der Waals surface area contributed by atoms with Crippen molar-refractivity contribution in [2.24, 2.45) is 0 Å². The molecule has 0 amide bonds. The number of esters is 1. The molecule has 0 saturated heterocycles. The molecular formula is C15H31BrO5. The summed E-state index contributed by atoms with van der Waals surface area (Å²) in [6, 6.07) is 0. The van der Waals surface area contributed by atoms with Crippen LogP contribution in [0.5, 0.6) is 0 Å². The van der Waals surface area contributed by atoms with Crippen LogP contribution in [0.1, 0.15) is 41.0 Å². The Morgan fingerprint density at radius 3 is 1.71 bits per heavy atom. The van der Waals surface area contributed by atoms with Crippen molar-refractivity contribution in [1.29, 1.82) is 0 Å². The molecule has 0 aromatic heterocycles. The summed E-state index contributed by atoms with van der Waals surface area (Å²) in [6.07, 6.45) is 0.269. The van der Waals surface area contributed by atoms with Crippen LogP contribution in [0.25, 0.3) is 0 Å². The smallest absolute Gasteiger partial charge is 0.308 e. The number of carbonyl (C=O) groups excluding carboxylic acids is 1. The highest BCUT2D eigenvalue weighted by Crippen LogP contribution is 2.07. The van der Waals surface area contributed by atoms with Crippen molar-refractivity contribution in [3.8, 4) is 0 Å². The first-order valence-electron chi connectivity index (χ1n) is 7.47. The van der Waals surface area contributed by atoms with Gasteiger partial charge in [0.15, 0.2) is 0 Å². The van der Waals surface area contributed by atoms with Crippen LogP contribution in [-0.2, 0) is 23.7 Å². The van der Waals surface area contributed by atoms with Gasteiger partial charge >= 0.3 is 5.97 Å². The molecule has 0 radical (unpaired) electrons. The zero-order valence-corrected chi connectivity index (χ0v) is 15.7. The van der Waals surface area contributed by atoms with E-state index in [9.17, 15) is 4.79 Å². The largest absolute Gasteiger partial charge is 0.460 e. The zero-order chi connectivity index (χ0) is 16.6. The summed E-state index contributed by atoms with van der Waals surface area (Å²) in [5, 5.41) is 0.834. The monoisotopic (exact) mass is 370 g/mol. The van der Waals surface area contributed by atoms with E-state index in [4.69, 9.17) is 18.9 Å². The molecule has 5 nitrogen and oxygen atoms in total. The SMILES string of the molecule is CC.CC(C)(C)OC(=O)CCOCCOCCOCCBr. The summed E-state index contributed by atoms with van der Waals surface area (Å²) in [6.45, 7) is 12.7. The molecule has 0 spiro atoms. The van der Waals surface area contributed by atoms with Gasteiger partial charge in [0.05, 0.1) is 46.1 Å². The van der Waals surface area contributed by atoms with Crippen LogP contribution in [0.15, 0.2) is 0 Å². The van der Waals surface area contributed by atoms with Gasteiger partial charge < -0.3 is 18.9 Å². The van der Waals surface area contributed by atoms with Crippen LogP contribution in [0.3, 0.4) is 0 Å². The van der Waals surface area contributed by atoms with Gasteiger partial charge in [0.2, 0.25) is 0 Å². The number of rotatable bonds is 11. The fraction of sp³-hybridized carbons (Fsp3) is 0.933. The molecule has 0 fully saturated rings. The van der Waals surface area contributed by atoms with Gasteiger partial charge in [0.25, 0.3) is 0 Å². The zero-order valence-electron chi connectivity index (χ0n) is 14.1. The molecule has 0 aromatic carbocycles. The van der Waals surface area contributed by atoms with Crippen LogP contribution in [0, 0.1) is 0 Å². The number of carbonyl (C=O) groups is 1. The third-order valence-corrected chi connectivity index (χ3v) is 2.16. The van der Waals surface area contributed by atoms with E-state index >= 15 is 0 Å². The van der Waals surface area contributed by atoms with Gasteiger partial charge in [-0.05, 0) is 20.8 Å². The summed E-state index contributed by atoms with van der Waals surface area (Å²) in [7, 11) is 0. The summed E-state index contributed by atoms with van der Waals surface area (Å²) in [5.74, 6) is -0.239. The topological polar surface area (TPSA) is 54.0 Å². The summed E-state index contributed by atoms with van der Waals surface area (Å²) < 4.78 is 20.9. The molecule has 6 heteroatoms. The quantitative estimate of drug-likeness (QED) is 0.317. The summed E-state index contributed by atoms with van der Waals surface area (Å²) in [4.78, 5) is 11.3.